The van der Waals surface area contributed by atoms with E-state index in [-0.39, 0.29) is 18.1 Å². The number of rotatable bonds is 8. The van der Waals surface area contributed by atoms with Gasteiger partial charge < -0.3 is 14.9 Å². The highest BCUT2D eigenvalue weighted by Crippen LogP contribution is 2.66. The molecular weight excluding hydrogens is 470 g/mol. The van der Waals surface area contributed by atoms with Crippen LogP contribution in [0.1, 0.15) is 120 Å². The Morgan fingerprint density at radius 3 is 2.32 bits per heavy atom. The summed E-state index contributed by atoms with van der Waals surface area (Å²) in [6.07, 6.45) is 9.81. The van der Waals surface area contributed by atoms with E-state index in [0.29, 0.717) is 17.3 Å². The van der Waals surface area contributed by atoms with Gasteiger partial charge in [-0.25, -0.2) is 8.78 Å². The summed E-state index contributed by atoms with van der Waals surface area (Å²) >= 11 is 0. The van der Waals surface area contributed by atoms with Crippen LogP contribution >= 0.6 is 0 Å². The van der Waals surface area contributed by atoms with Gasteiger partial charge in [0.1, 0.15) is 6.10 Å². The van der Waals surface area contributed by atoms with Gasteiger partial charge in [0.25, 0.3) is 0 Å². The molecule has 4 aliphatic carbocycles. The summed E-state index contributed by atoms with van der Waals surface area (Å²) in [5, 5.41) is 21.4. The van der Waals surface area contributed by atoms with E-state index in [2.05, 4.69) is 19.9 Å². The quantitative estimate of drug-likeness (QED) is 0.314. The van der Waals surface area contributed by atoms with E-state index in [9.17, 15) is 19.0 Å². The first-order valence-electron chi connectivity index (χ1n) is 15.2. The van der Waals surface area contributed by atoms with Gasteiger partial charge in [-0.2, -0.15) is 0 Å². The monoisotopic (exact) mass is 526 g/mol. The van der Waals surface area contributed by atoms with Gasteiger partial charge in [0.15, 0.2) is 0 Å². The number of allylic oxidation sites excluding steroid dienone is 1. The third-order valence-electron chi connectivity index (χ3n) is 10.9. The highest BCUT2D eigenvalue weighted by Gasteiger charge is 2.59. The summed E-state index contributed by atoms with van der Waals surface area (Å²) in [6, 6.07) is 0. The van der Waals surface area contributed by atoms with E-state index in [0.717, 1.165) is 49.5 Å². The summed E-state index contributed by atoms with van der Waals surface area (Å²) in [5.41, 5.74) is -0.281. The molecule has 8 unspecified atom stereocenters. The fraction of sp³-hybridized carbons (Fsp3) is 0.938. The average Bonchev–Trinajstić information content (AvgIpc) is 3.15. The highest BCUT2D eigenvalue weighted by molar-refractivity contribution is 5.29. The lowest BCUT2D eigenvalue weighted by Crippen LogP contribution is -2.54. The van der Waals surface area contributed by atoms with Crippen LogP contribution in [0.25, 0.3) is 0 Å². The highest BCUT2D eigenvalue weighted by atomic mass is 19.3. The van der Waals surface area contributed by atoms with Crippen LogP contribution in [0.4, 0.5) is 8.78 Å². The van der Waals surface area contributed by atoms with Crippen molar-refractivity contribution in [1.29, 1.82) is 0 Å². The number of halogens is 2. The maximum Gasteiger partial charge on any atom is 0.245 e. The second kappa shape index (κ2) is 11.5. The van der Waals surface area contributed by atoms with Gasteiger partial charge in [-0.05, 0) is 112 Å². The average molecular weight is 527 g/mol. The van der Waals surface area contributed by atoms with Crippen molar-refractivity contribution in [2.45, 2.75) is 144 Å². The Labute approximate surface area is 225 Å². The van der Waals surface area contributed by atoms with E-state index in [4.69, 9.17) is 4.74 Å². The molecule has 0 aromatic heterocycles. The minimum atomic E-state index is -2.44. The first-order chi connectivity index (χ1) is 17.2. The molecule has 37 heavy (non-hydrogen) atoms. The Morgan fingerprint density at radius 2 is 1.70 bits per heavy atom. The molecular formula is C32H56F2O3. The fourth-order valence-corrected chi connectivity index (χ4v) is 8.63. The third-order valence-corrected chi connectivity index (χ3v) is 10.9. The summed E-state index contributed by atoms with van der Waals surface area (Å²) in [7, 11) is 0. The number of hydrogen-bond donors (Lipinski definition) is 2. The molecule has 0 spiro atoms. The van der Waals surface area contributed by atoms with Crippen LogP contribution in [0.5, 0.6) is 0 Å². The van der Waals surface area contributed by atoms with Gasteiger partial charge in [-0.3, -0.25) is 0 Å². The van der Waals surface area contributed by atoms with Gasteiger partial charge in [0.05, 0.1) is 18.3 Å². The zero-order valence-corrected chi connectivity index (χ0v) is 25.0. The maximum absolute atomic E-state index is 13.3. The van der Waals surface area contributed by atoms with Crippen LogP contribution < -0.4 is 0 Å². The maximum atomic E-state index is 13.3. The van der Waals surface area contributed by atoms with Gasteiger partial charge >= 0.3 is 0 Å². The topological polar surface area (TPSA) is 49.7 Å². The van der Waals surface area contributed by atoms with Crippen molar-refractivity contribution in [3.05, 3.63) is 11.6 Å². The second-order valence-corrected chi connectivity index (χ2v) is 14.3. The van der Waals surface area contributed by atoms with Crippen LogP contribution in [-0.2, 0) is 4.74 Å². The van der Waals surface area contributed by atoms with Gasteiger partial charge in [0.2, 0.25) is 6.43 Å². The molecule has 216 valence electrons. The smallest absolute Gasteiger partial charge is 0.245 e. The van der Waals surface area contributed by atoms with Crippen molar-refractivity contribution in [2.75, 3.05) is 6.61 Å². The normalized spacial score (nSPS) is 39.8. The summed E-state index contributed by atoms with van der Waals surface area (Å²) < 4.78 is 32.5. The molecule has 0 radical (unpaired) electrons. The predicted molar refractivity (Wildman–Crippen MR) is 148 cm³/mol. The van der Waals surface area contributed by atoms with Gasteiger partial charge in [-0.15, -0.1) is 0 Å². The van der Waals surface area contributed by atoms with Crippen molar-refractivity contribution in [3.63, 3.8) is 0 Å². The van der Waals surface area contributed by atoms with E-state index in [1.807, 2.05) is 27.7 Å². The largest absolute Gasteiger partial charge is 0.390 e. The lowest BCUT2D eigenvalue weighted by Gasteiger charge is -2.59. The van der Waals surface area contributed by atoms with Crippen LogP contribution in [-0.4, -0.2) is 41.1 Å². The first-order valence-corrected chi connectivity index (χ1v) is 15.2. The molecule has 0 saturated heterocycles. The molecule has 4 aliphatic rings. The molecule has 2 N–H and O–H groups in total. The molecule has 3 nitrogen and oxygen atoms in total. The molecule has 3 saturated carbocycles. The Morgan fingerprint density at radius 1 is 1.03 bits per heavy atom. The summed E-state index contributed by atoms with van der Waals surface area (Å²) in [4.78, 5) is 0. The van der Waals surface area contributed by atoms with Gasteiger partial charge in [0, 0.05) is 5.41 Å². The van der Waals surface area contributed by atoms with Crippen molar-refractivity contribution >= 4 is 0 Å². The molecule has 0 aromatic carbocycles. The van der Waals surface area contributed by atoms with E-state index in [1.54, 1.807) is 0 Å². The van der Waals surface area contributed by atoms with Crippen LogP contribution in [0.15, 0.2) is 11.6 Å². The molecule has 0 aliphatic heterocycles. The summed E-state index contributed by atoms with van der Waals surface area (Å²) in [6.45, 7) is 15.8. The van der Waals surface area contributed by atoms with Gasteiger partial charge in [-0.1, -0.05) is 54.0 Å². The van der Waals surface area contributed by atoms with Crippen LogP contribution in [0.3, 0.4) is 0 Å². The Kier molecular flexibility index (Phi) is 9.67. The summed E-state index contributed by atoms with van der Waals surface area (Å²) in [5.74, 6) is 2.75. The Bertz CT molecular complexity index is 787. The van der Waals surface area contributed by atoms with E-state index >= 15 is 0 Å². The number of aliphatic hydroxyl groups is 2. The third kappa shape index (κ3) is 6.14. The predicted octanol–water partition coefficient (Wildman–Crippen LogP) is 8.18. The molecule has 0 aromatic rings. The van der Waals surface area contributed by atoms with Crippen molar-refractivity contribution in [2.24, 2.45) is 39.9 Å². The van der Waals surface area contributed by atoms with Crippen molar-refractivity contribution in [1.82, 2.24) is 0 Å². The Balaban J connectivity index is 0.00000186. The number of aliphatic hydroxyl groups excluding tert-OH is 1. The minimum absolute atomic E-state index is 0.0131. The molecule has 8 atom stereocenters. The Hall–Kier alpha value is -0.520. The van der Waals surface area contributed by atoms with E-state index < -0.39 is 23.5 Å². The molecule has 3 fully saturated rings. The van der Waals surface area contributed by atoms with Crippen molar-refractivity contribution < 1.29 is 23.7 Å². The molecule has 4 rings (SSSR count). The zero-order valence-electron chi connectivity index (χ0n) is 25.0. The van der Waals surface area contributed by atoms with Crippen LogP contribution in [0, 0.1) is 39.9 Å². The van der Waals surface area contributed by atoms with Crippen LogP contribution in [0.2, 0.25) is 0 Å². The fourth-order valence-electron chi connectivity index (χ4n) is 8.63. The number of hydrogen-bond acceptors (Lipinski definition) is 3. The first kappa shape index (κ1) is 31.0. The van der Waals surface area contributed by atoms with E-state index in [1.165, 1.54) is 46.0 Å². The minimum Gasteiger partial charge on any atom is -0.390 e. The number of alkyl halides is 2. The lowest BCUT2D eigenvalue weighted by molar-refractivity contribution is -0.123. The molecule has 0 amide bonds. The zero-order chi connectivity index (χ0) is 27.8. The lowest BCUT2D eigenvalue weighted by atomic mass is 9.47. The second-order valence-electron chi connectivity index (χ2n) is 14.3. The standard InChI is InChI=1S/C30H50F2O3.C2H6/c1-27(2,26(31)32)18-35-24-14-17-30(6)22-13-16-29(5)19(8-7-15-28(3,4)34)9-11-21(29)20(22)10-12-23(30)25(24)33;1-2/h12,19-22,24-26,33-34H,7-11,13-18H2,1-6H3;1-2H3. The SMILES string of the molecule is CC.CC(C)(O)CCCC1CCC2C3CC=C4C(O)C(OCC(C)(C)C(F)F)CCC4(C)C3CCC12C. The van der Waals surface area contributed by atoms with Crippen molar-refractivity contribution in [3.8, 4) is 0 Å². The molecule has 5 heteroatoms. The molecule has 0 heterocycles. The number of fused-ring (bicyclic) bond motifs is 5. The number of ether oxygens (including phenoxy) is 1. The molecule has 0 bridgehead atoms.